The molecule has 0 aromatic heterocycles. The zero-order valence-electron chi connectivity index (χ0n) is 40.6. The Morgan fingerprint density at radius 1 is 0.459 bits per heavy atom. The second kappa shape index (κ2) is 50.7. The number of aliphatic hydroxyl groups is 2. The molecule has 0 aromatic rings. The highest BCUT2D eigenvalue weighted by atomic mass is 16.5. The fourth-order valence-corrected chi connectivity index (χ4v) is 8.02. The summed E-state index contributed by atoms with van der Waals surface area (Å²) in [5.74, 6) is -0.0889. The van der Waals surface area contributed by atoms with Gasteiger partial charge in [0, 0.05) is 12.8 Å². The summed E-state index contributed by atoms with van der Waals surface area (Å²) in [4.78, 5) is 24.4. The minimum absolute atomic E-state index is 0.0136. The van der Waals surface area contributed by atoms with Crippen LogP contribution in [-0.4, -0.2) is 47.4 Å². The van der Waals surface area contributed by atoms with E-state index < -0.39 is 12.1 Å². The maximum Gasteiger partial charge on any atom is 0.305 e. The third-order valence-electron chi connectivity index (χ3n) is 12.1. The SMILES string of the molecule is CCC/C=C\C/C=C\CCCCCCCC(=O)OCCCCCCCCCCCCCCCCCCC(=O)NC(CO)C(O)/C=C/CCCCCCCCCCCCCCC. The number of hydrogen-bond acceptors (Lipinski definition) is 5. The molecule has 2 atom stereocenters. The van der Waals surface area contributed by atoms with Gasteiger partial charge >= 0.3 is 5.97 Å². The van der Waals surface area contributed by atoms with Gasteiger partial charge in [-0.25, -0.2) is 0 Å². The van der Waals surface area contributed by atoms with Gasteiger partial charge in [-0.3, -0.25) is 9.59 Å². The van der Waals surface area contributed by atoms with E-state index in [1.165, 1.54) is 193 Å². The highest BCUT2D eigenvalue weighted by molar-refractivity contribution is 5.76. The highest BCUT2D eigenvalue weighted by Crippen LogP contribution is 2.16. The normalized spacial score (nSPS) is 12.9. The van der Waals surface area contributed by atoms with E-state index in [1.54, 1.807) is 6.08 Å². The van der Waals surface area contributed by atoms with Crippen LogP contribution < -0.4 is 5.32 Å². The Labute approximate surface area is 379 Å². The van der Waals surface area contributed by atoms with Gasteiger partial charge in [0.15, 0.2) is 0 Å². The molecule has 0 aliphatic rings. The Morgan fingerprint density at radius 2 is 0.852 bits per heavy atom. The summed E-state index contributed by atoms with van der Waals surface area (Å²) in [6, 6.07) is -0.633. The molecule has 0 saturated carbocycles. The van der Waals surface area contributed by atoms with Crippen LogP contribution in [-0.2, 0) is 14.3 Å². The van der Waals surface area contributed by atoms with Crippen molar-refractivity contribution in [3.8, 4) is 0 Å². The molecular formula is C55H103NO5. The van der Waals surface area contributed by atoms with Crippen molar-refractivity contribution >= 4 is 11.9 Å². The first-order chi connectivity index (χ1) is 30.0. The van der Waals surface area contributed by atoms with Crippen LogP contribution in [0.2, 0.25) is 0 Å². The molecule has 0 aliphatic carbocycles. The number of rotatable bonds is 49. The summed E-state index contributed by atoms with van der Waals surface area (Å²) in [6.45, 7) is 4.82. The number of allylic oxidation sites excluding steroid dienone is 5. The Kier molecular flexibility index (Phi) is 49.1. The molecule has 0 heterocycles. The largest absolute Gasteiger partial charge is 0.466 e. The summed E-state index contributed by atoms with van der Waals surface area (Å²) in [5, 5.41) is 23.1. The number of esters is 1. The number of ether oxygens (including phenoxy) is 1. The Morgan fingerprint density at radius 3 is 1.31 bits per heavy atom. The second-order valence-electron chi connectivity index (χ2n) is 18.2. The van der Waals surface area contributed by atoms with Gasteiger partial charge in [0.05, 0.1) is 25.4 Å². The standard InChI is InChI=1S/C55H103NO5/c1-3-5-7-9-11-13-15-17-20-24-27-31-35-39-43-47-53(58)52(51-57)56-54(59)48-44-40-36-32-28-25-21-18-19-22-26-30-34-38-42-46-50-61-55(60)49-45-41-37-33-29-23-16-14-12-10-8-6-4-2/h8,10,14,16,43,47,52-53,57-58H,3-7,9,11-13,15,17-42,44-46,48-51H2,1-2H3,(H,56,59)/b10-8-,16-14-,47-43+. The number of unbranched alkanes of at least 4 members (excludes halogenated alkanes) is 34. The summed E-state index contributed by atoms with van der Waals surface area (Å²) < 4.78 is 5.45. The van der Waals surface area contributed by atoms with Crippen LogP contribution in [0.15, 0.2) is 36.5 Å². The maximum atomic E-state index is 12.4. The van der Waals surface area contributed by atoms with Gasteiger partial charge in [-0.2, -0.15) is 0 Å². The van der Waals surface area contributed by atoms with Crippen molar-refractivity contribution in [3.05, 3.63) is 36.5 Å². The average Bonchev–Trinajstić information content (AvgIpc) is 3.26. The van der Waals surface area contributed by atoms with E-state index in [0.29, 0.717) is 19.4 Å². The molecule has 2 unspecified atom stereocenters. The summed E-state index contributed by atoms with van der Waals surface area (Å²) in [5.41, 5.74) is 0. The van der Waals surface area contributed by atoms with E-state index in [2.05, 4.69) is 43.5 Å². The summed E-state index contributed by atoms with van der Waals surface area (Å²) >= 11 is 0. The van der Waals surface area contributed by atoms with Crippen molar-refractivity contribution < 1.29 is 24.5 Å². The molecule has 3 N–H and O–H groups in total. The third-order valence-corrected chi connectivity index (χ3v) is 12.1. The molecule has 0 rings (SSSR count). The summed E-state index contributed by atoms with van der Waals surface area (Å²) in [7, 11) is 0. The van der Waals surface area contributed by atoms with Crippen molar-refractivity contribution in [1.82, 2.24) is 5.32 Å². The fourth-order valence-electron chi connectivity index (χ4n) is 8.02. The first kappa shape index (κ1) is 59.1. The van der Waals surface area contributed by atoms with Gasteiger partial charge < -0.3 is 20.3 Å². The average molecular weight is 858 g/mol. The van der Waals surface area contributed by atoms with Gasteiger partial charge in [-0.05, 0) is 57.8 Å². The molecule has 0 spiro atoms. The molecule has 358 valence electrons. The Balaban J connectivity index is 3.47. The second-order valence-corrected chi connectivity index (χ2v) is 18.2. The lowest BCUT2D eigenvalue weighted by atomic mass is 10.0. The van der Waals surface area contributed by atoms with Crippen LogP contribution >= 0.6 is 0 Å². The van der Waals surface area contributed by atoms with Crippen LogP contribution in [0.3, 0.4) is 0 Å². The minimum Gasteiger partial charge on any atom is -0.466 e. The van der Waals surface area contributed by atoms with Gasteiger partial charge in [0.1, 0.15) is 0 Å². The molecule has 61 heavy (non-hydrogen) atoms. The van der Waals surface area contributed by atoms with E-state index in [-0.39, 0.29) is 18.5 Å². The van der Waals surface area contributed by atoms with Crippen LogP contribution in [0, 0.1) is 0 Å². The maximum absolute atomic E-state index is 12.4. The Hall–Kier alpha value is -1.92. The number of carbonyl (C=O) groups excluding carboxylic acids is 2. The molecule has 0 radical (unpaired) electrons. The van der Waals surface area contributed by atoms with E-state index >= 15 is 0 Å². The van der Waals surface area contributed by atoms with Crippen LogP contribution in [0.4, 0.5) is 0 Å². The van der Waals surface area contributed by atoms with Crippen molar-refractivity contribution in [2.45, 2.75) is 289 Å². The van der Waals surface area contributed by atoms with E-state index in [9.17, 15) is 19.8 Å². The quantitative estimate of drug-likeness (QED) is 0.0322. The zero-order chi connectivity index (χ0) is 44.4. The molecular weight excluding hydrogens is 755 g/mol. The Bertz CT molecular complexity index is 993. The molecule has 6 heteroatoms. The van der Waals surface area contributed by atoms with Gasteiger partial charge in [0.2, 0.25) is 5.91 Å². The third kappa shape index (κ3) is 47.4. The van der Waals surface area contributed by atoms with Gasteiger partial charge in [0.25, 0.3) is 0 Å². The van der Waals surface area contributed by atoms with Crippen molar-refractivity contribution in [3.63, 3.8) is 0 Å². The van der Waals surface area contributed by atoms with E-state index in [4.69, 9.17) is 4.74 Å². The molecule has 0 aromatic carbocycles. The predicted molar refractivity (Wildman–Crippen MR) is 264 cm³/mol. The first-order valence-corrected chi connectivity index (χ1v) is 26.8. The van der Waals surface area contributed by atoms with E-state index in [0.717, 1.165) is 57.8 Å². The molecule has 0 saturated heterocycles. The lowest BCUT2D eigenvalue weighted by Gasteiger charge is -2.20. The molecule has 0 aliphatic heterocycles. The smallest absolute Gasteiger partial charge is 0.305 e. The molecule has 0 fully saturated rings. The summed E-state index contributed by atoms with van der Waals surface area (Å²) in [6.07, 6.45) is 61.4. The van der Waals surface area contributed by atoms with Crippen molar-refractivity contribution in [1.29, 1.82) is 0 Å². The highest BCUT2D eigenvalue weighted by Gasteiger charge is 2.18. The predicted octanol–water partition coefficient (Wildman–Crippen LogP) is 16.1. The number of carbonyl (C=O) groups is 2. The number of aliphatic hydroxyl groups excluding tert-OH is 2. The molecule has 0 bridgehead atoms. The monoisotopic (exact) mass is 858 g/mol. The van der Waals surface area contributed by atoms with Crippen LogP contribution in [0.1, 0.15) is 277 Å². The van der Waals surface area contributed by atoms with Gasteiger partial charge in [-0.1, -0.05) is 243 Å². The van der Waals surface area contributed by atoms with Crippen LogP contribution in [0.5, 0.6) is 0 Å². The number of hydrogen-bond donors (Lipinski definition) is 3. The topological polar surface area (TPSA) is 95.9 Å². The van der Waals surface area contributed by atoms with E-state index in [1.807, 2.05) is 6.08 Å². The fraction of sp³-hybridized carbons (Fsp3) is 0.855. The molecule has 6 nitrogen and oxygen atoms in total. The first-order valence-electron chi connectivity index (χ1n) is 26.8. The lowest BCUT2D eigenvalue weighted by molar-refractivity contribution is -0.143. The minimum atomic E-state index is -0.849. The van der Waals surface area contributed by atoms with Crippen molar-refractivity contribution in [2.24, 2.45) is 0 Å². The molecule has 1 amide bonds. The van der Waals surface area contributed by atoms with Crippen molar-refractivity contribution in [2.75, 3.05) is 13.2 Å². The van der Waals surface area contributed by atoms with Gasteiger partial charge in [-0.15, -0.1) is 0 Å². The number of amides is 1. The lowest BCUT2D eigenvalue weighted by Crippen LogP contribution is -2.45. The zero-order valence-corrected chi connectivity index (χ0v) is 40.6. The van der Waals surface area contributed by atoms with Crippen LogP contribution in [0.25, 0.3) is 0 Å². The number of nitrogens with one attached hydrogen (secondary N) is 1.